The van der Waals surface area contributed by atoms with Crippen molar-refractivity contribution in [3.05, 3.63) is 73.3 Å². The highest BCUT2D eigenvalue weighted by molar-refractivity contribution is 5.94. The summed E-state index contributed by atoms with van der Waals surface area (Å²) in [6.45, 7) is -1.62. The van der Waals surface area contributed by atoms with Crippen molar-refractivity contribution in [2.45, 2.75) is 12.1 Å². The third-order valence-electron chi connectivity index (χ3n) is 5.33. The highest BCUT2D eigenvalue weighted by Gasteiger charge is 2.52. The van der Waals surface area contributed by atoms with E-state index < -0.39 is 59.4 Å². The van der Waals surface area contributed by atoms with Crippen LogP contribution < -0.4 is 27.0 Å². The number of nitrogens with zero attached hydrogens (tertiary/aromatic N) is 2. The maximum absolute atomic E-state index is 14.7. The van der Waals surface area contributed by atoms with E-state index in [9.17, 15) is 41.1 Å². The van der Waals surface area contributed by atoms with E-state index in [1.165, 1.54) is 0 Å². The molecular weight excluding hydrogens is 483 g/mol. The molecule has 1 unspecified atom stereocenters. The molecular formula is C20H15F5N6O4. The van der Waals surface area contributed by atoms with Crippen LogP contribution in [0.2, 0.25) is 0 Å². The molecule has 1 aliphatic heterocycles. The van der Waals surface area contributed by atoms with Crippen molar-refractivity contribution in [3.63, 3.8) is 0 Å². The second-order valence-corrected chi connectivity index (χ2v) is 7.71. The monoisotopic (exact) mass is 498 g/mol. The second-order valence-electron chi connectivity index (χ2n) is 7.71. The number of nitrogens with one attached hydrogen (secondary N) is 4. The SMILES string of the molecule is O=C(Nc1ccc(C(F)(F)F)cc1)C1CN(c2cc(-c3c[nH]c(=O)[nH]c3=O)n[nH]c2=O)CC1(F)F. The van der Waals surface area contributed by atoms with Gasteiger partial charge in [-0.2, -0.15) is 18.3 Å². The van der Waals surface area contributed by atoms with Gasteiger partial charge in [0.2, 0.25) is 5.91 Å². The minimum absolute atomic E-state index is 0.112. The van der Waals surface area contributed by atoms with Crippen LogP contribution >= 0.6 is 0 Å². The van der Waals surface area contributed by atoms with Gasteiger partial charge in [-0.1, -0.05) is 0 Å². The fourth-order valence-corrected chi connectivity index (χ4v) is 3.58. The van der Waals surface area contributed by atoms with Gasteiger partial charge in [-0.15, -0.1) is 0 Å². The molecule has 35 heavy (non-hydrogen) atoms. The Balaban J connectivity index is 1.57. The van der Waals surface area contributed by atoms with Crippen LogP contribution in [0.1, 0.15) is 5.56 Å². The molecule has 0 bridgehead atoms. The lowest BCUT2D eigenvalue weighted by Crippen LogP contribution is -2.36. The molecule has 0 radical (unpaired) electrons. The fraction of sp³-hybridized carbons (Fsp3) is 0.250. The quantitative estimate of drug-likeness (QED) is 0.402. The van der Waals surface area contributed by atoms with Crippen molar-refractivity contribution >= 4 is 17.3 Å². The maximum atomic E-state index is 14.7. The standard InChI is InChI=1S/C20H15F5N6O4/c21-19(22)8-31(7-12(19)16(33)27-10-3-1-9(2-4-10)20(23,24)25)14-5-13(29-30-17(14)34)11-6-26-18(35)28-15(11)32/h1-6,12H,7-8H2,(H,27,33)(H,30,34)(H2,26,28,32,35). The van der Waals surface area contributed by atoms with Crippen LogP contribution in [0.4, 0.5) is 33.3 Å². The van der Waals surface area contributed by atoms with E-state index in [0.717, 1.165) is 29.3 Å². The molecule has 184 valence electrons. The van der Waals surface area contributed by atoms with Crippen LogP contribution in [0, 0.1) is 5.92 Å². The summed E-state index contributed by atoms with van der Waals surface area (Å²) < 4.78 is 67.5. The van der Waals surface area contributed by atoms with Gasteiger partial charge in [0.05, 0.1) is 23.4 Å². The lowest BCUT2D eigenvalue weighted by Gasteiger charge is -2.17. The van der Waals surface area contributed by atoms with Gasteiger partial charge in [-0.05, 0) is 30.3 Å². The number of alkyl halides is 5. The number of aromatic nitrogens is 4. The molecule has 1 saturated heterocycles. The normalized spacial score (nSPS) is 17.4. The van der Waals surface area contributed by atoms with Crippen molar-refractivity contribution in [2.24, 2.45) is 5.92 Å². The van der Waals surface area contributed by atoms with E-state index in [2.05, 4.69) is 20.5 Å². The summed E-state index contributed by atoms with van der Waals surface area (Å²) in [7, 11) is 0. The Morgan fingerprint density at radius 3 is 2.43 bits per heavy atom. The number of benzene rings is 1. The van der Waals surface area contributed by atoms with Gasteiger partial charge >= 0.3 is 11.9 Å². The van der Waals surface area contributed by atoms with E-state index in [-0.39, 0.29) is 22.6 Å². The number of aromatic amines is 3. The van der Waals surface area contributed by atoms with E-state index in [1.54, 1.807) is 0 Å². The zero-order valence-electron chi connectivity index (χ0n) is 17.4. The van der Waals surface area contributed by atoms with E-state index >= 15 is 0 Å². The zero-order chi connectivity index (χ0) is 25.5. The molecule has 10 nitrogen and oxygen atoms in total. The van der Waals surface area contributed by atoms with Crippen LogP contribution in [-0.4, -0.2) is 45.1 Å². The predicted molar refractivity (Wildman–Crippen MR) is 112 cm³/mol. The molecule has 1 atom stereocenters. The van der Waals surface area contributed by atoms with Gasteiger partial charge < -0.3 is 15.2 Å². The summed E-state index contributed by atoms with van der Waals surface area (Å²) in [5.74, 6) is -6.68. The minimum atomic E-state index is -4.60. The first-order valence-corrected chi connectivity index (χ1v) is 9.88. The Labute approximate surface area is 190 Å². The summed E-state index contributed by atoms with van der Waals surface area (Å²) in [6, 6.07) is 4.34. The third kappa shape index (κ3) is 4.83. The molecule has 4 rings (SSSR count). The summed E-state index contributed by atoms with van der Waals surface area (Å²) in [4.78, 5) is 53.1. The number of carbonyl (C=O) groups excluding carboxylic acids is 1. The number of halogens is 5. The molecule has 1 aromatic carbocycles. The molecule has 1 fully saturated rings. The van der Waals surface area contributed by atoms with Crippen molar-refractivity contribution < 1.29 is 26.7 Å². The molecule has 2 aromatic heterocycles. The number of rotatable bonds is 4. The Morgan fingerprint density at radius 2 is 1.80 bits per heavy atom. The van der Waals surface area contributed by atoms with Gasteiger partial charge in [0.1, 0.15) is 11.6 Å². The van der Waals surface area contributed by atoms with Crippen LogP contribution in [0.25, 0.3) is 11.3 Å². The topological polar surface area (TPSA) is 144 Å². The smallest absolute Gasteiger partial charge is 0.360 e. The number of carbonyl (C=O) groups is 1. The highest BCUT2D eigenvalue weighted by atomic mass is 19.4. The van der Waals surface area contributed by atoms with Crippen LogP contribution in [-0.2, 0) is 11.0 Å². The number of H-pyrrole nitrogens is 3. The Bertz CT molecular complexity index is 1440. The molecule has 1 amide bonds. The summed E-state index contributed by atoms with van der Waals surface area (Å²) in [6.07, 6.45) is -3.57. The molecule has 3 aromatic rings. The molecule has 0 saturated carbocycles. The highest BCUT2D eigenvalue weighted by Crippen LogP contribution is 2.36. The lowest BCUT2D eigenvalue weighted by atomic mass is 10.0. The average molecular weight is 498 g/mol. The van der Waals surface area contributed by atoms with Crippen LogP contribution in [0.15, 0.2) is 50.9 Å². The van der Waals surface area contributed by atoms with Gasteiger partial charge in [0, 0.05) is 18.4 Å². The van der Waals surface area contributed by atoms with Crippen molar-refractivity contribution in [3.8, 4) is 11.3 Å². The largest absolute Gasteiger partial charge is 0.416 e. The summed E-state index contributed by atoms with van der Waals surface area (Å²) in [5, 5.41) is 7.94. The third-order valence-corrected chi connectivity index (χ3v) is 5.33. The first kappa shape index (κ1) is 23.8. The number of amides is 1. The van der Waals surface area contributed by atoms with Gasteiger partial charge in [0.15, 0.2) is 0 Å². The molecule has 4 N–H and O–H groups in total. The van der Waals surface area contributed by atoms with Gasteiger partial charge in [-0.3, -0.25) is 19.4 Å². The fourth-order valence-electron chi connectivity index (χ4n) is 3.58. The molecule has 3 heterocycles. The van der Waals surface area contributed by atoms with Crippen molar-refractivity contribution in [2.75, 3.05) is 23.3 Å². The number of hydrogen-bond donors (Lipinski definition) is 4. The van der Waals surface area contributed by atoms with Crippen LogP contribution in [0.5, 0.6) is 0 Å². The van der Waals surface area contributed by atoms with Crippen molar-refractivity contribution in [1.29, 1.82) is 0 Å². The molecule has 0 spiro atoms. The maximum Gasteiger partial charge on any atom is 0.416 e. The average Bonchev–Trinajstić information content (AvgIpc) is 3.09. The Hall–Kier alpha value is -4.30. The van der Waals surface area contributed by atoms with E-state index in [0.29, 0.717) is 12.1 Å². The Kier molecular flexibility index (Phi) is 5.78. The van der Waals surface area contributed by atoms with Gasteiger partial charge in [-0.25, -0.2) is 18.7 Å². The van der Waals surface area contributed by atoms with E-state index in [1.807, 2.05) is 4.98 Å². The summed E-state index contributed by atoms with van der Waals surface area (Å²) in [5.41, 5.74) is -4.15. The lowest BCUT2D eigenvalue weighted by molar-refractivity contribution is -0.137. The minimum Gasteiger partial charge on any atom is -0.360 e. The first-order chi connectivity index (χ1) is 16.3. The van der Waals surface area contributed by atoms with E-state index in [4.69, 9.17) is 0 Å². The number of anilines is 2. The molecule has 15 heteroatoms. The second kappa shape index (κ2) is 8.48. The predicted octanol–water partition coefficient (Wildman–Crippen LogP) is 1.54. The Morgan fingerprint density at radius 1 is 1.11 bits per heavy atom. The summed E-state index contributed by atoms with van der Waals surface area (Å²) >= 11 is 0. The first-order valence-electron chi connectivity index (χ1n) is 9.88. The van der Waals surface area contributed by atoms with Crippen molar-refractivity contribution in [1.82, 2.24) is 20.2 Å². The number of hydrogen-bond acceptors (Lipinski definition) is 6. The molecule has 0 aliphatic carbocycles. The molecule has 1 aliphatic rings. The zero-order valence-corrected chi connectivity index (χ0v) is 17.4. The van der Waals surface area contributed by atoms with Gasteiger partial charge in [0.25, 0.3) is 17.0 Å². The van der Waals surface area contributed by atoms with Crippen LogP contribution in [0.3, 0.4) is 0 Å².